The maximum Gasteiger partial charge on any atom is 0.324 e. The number of carboxylic acid groups (broad SMARTS) is 1. The van der Waals surface area contributed by atoms with Crippen LogP contribution < -0.4 is 9.04 Å². The summed E-state index contributed by atoms with van der Waals surface area (Å²) in [6, 6.07) is 23.6. The number of anilines is 1. The van der Waals surface area contributed by atoms with E-state index in [1.54, 1.807) is 41.1 Å². The van der Waals surface area contributed by atoms with Crippen LogP contribution in [0.1, 0.15) is 5.56 Å². The number of carbonyl (C=O) groups is 1. The molecule has 0 bridgehead atoms. The lowest BCUT2D eigenvalue weighted by atomic mass is 10.2. The largest absolute Gasteiger partial charge is 0.480 e. The Balaban J connectivity index is 1.43. The van der Waals surface area contributed by atoms with Gasteiger partial charge in [-0.15, -0.1) is 10.2 Å². The Morgan fingerprint density at radius 1 is 0.923 bits per heavy atom. The van der Waals surface area contributed by atoms with Crippen LogP contribution in [-0.4, -0.2) is 40.8 Å². The number of aliphatic carboxylic acids is 1. The van der Waals surface area contributed by atoms with Crippen LogP contribution in [-0.2, 0) is 21.4 Å². The number of hydrogen-bond acceptors (Lipinski definition) is 6. The normalized spacial score (nSPS) is 11.4. The Hall–Kier alpha value is -4.12. The smallest absolute Gasteiger partial charge is 0.324 e. The fourth-order valence-corrected chi connectivity index (χ4v) is 6.11. The van der Waals surface area contributed by atoms with Gasteiger partial charge in [0.2, 0.25) is 5.88 Å². The molecule has 198 valence electrons. The van der Waals surface area contributed by atoms with E-state index in [1.807, 2.05) is 30.3 Å². The SMILES string of the molecule is O=C(O)CN(c1ccc2c(ccn2-c2ccc(OCc3ccccc3)nn2)c1)S(=O)(=O)c1cc(Cl)cc(Cl)c1. The summed E-state index contributed by atoms with van der Waals surface area (Å²) in [4.78, 5) is 11.4. The van der Waals surface area contributed by atoms with Crippen molar-refractivity contribution in [2.24, 2.45) is 0 Å². The molecule has 0 radical (unpaired) electrons. The molecular weight excluding hydrogens is 563 g/mol. The van der Waals surface area contributed by atoms with E-state index in [0.29, 0.717) is 29.2 Å². The number of hydrogen-bond donors (Lipinski definition) is 1. The average molecular weight is 583 g/mol. The van der Waals surface area contributed by atoms with Crippen LogP contribution in [0.3, 0.4) is 0 Å². The highest BCUT2D eigenvalue weighted by Crippen LogP contribution is 2.31. The number of carboxylic acids is 1. The zero-order chi connectivity index (χ0) is 27.6. The minimum absolute atomic E-state index is 0.112. The molecule has 5 aromatic rings. The number of halogens is 2. The van der Waals surface area contributed by atoms with Crippen LogP contribution >= 0.6 is 23.2 Å². The number of sulfonamides is 1. The summed E-state index contributed by atoms with van der Waals surface area (Å²) >= 11 is 12.0. The van der Waals surface area contributed by atoms with Gasteiger partial charge in [0, 0.05) is 27.7 Å². The molecule has 1 N–H and O–H groups in total. The Bertz CT molecular complexity index is 1740. The maximum absolute atomic E-state index is 13.4. The van der Waals surface area contributed by atoms with E-state index < -0.39 is 22.5 Å². The lowest BCUT2D eigenvalue weighted by Gasteiger charge is -2.23. The van der Waals surface area contributed by atoms with Crippen molar-refractivity contribution in [3.05, 3.63) is 107 Å². The van der Waals surface area contributed by atoms with Crippen LogP contribution in [0.15, 0.2) is 96.0 Å². The summed E-state index contributed by atoms with van der Waals surface area (Å²) in [6.45, 7) is -0.435. The minimum atomic E-state index is -4.30. The van der Waals surface area contributed by atoms with Crippen LogP contribution in [0, 0.1) is 0 Å². The van der Waals surface area contributed by atoms with Crippen LogP contribution in [0.5, 0.6) is 5.88 Å². The zero-order valence-electron chi connectivity index (χ0n) is 20.1. The van der Waals surface area contributed by atoms with E-state index in [1.165, 1.54) is 24.3 Å². The lowest BCUT2D eigenvalue weighted by molar-refractivity contribution is -0.135. The van der Waals surface area contributed by atoms with Crippen molar-refractivity contribution in [1.29, 1.82) is 0 Å². The first kappa shape index (κ1) is 26.5. The first-order valence-corrected chi connectivity index (χ1v) is 13.7. The third kappa shape index (κ3) is 5.83. The minimum Gasteiger partial charge on any atom is -0.480 e. The Kier molecular flexibility index (Phi) is 7.42. The zero-order valence-corrected chi connectivity index (χ0v) is 22.4. The Morgan fingerprint density at radius 3 is 2.33 bits per heavy atom. The number of nitrogens with zero attached hydrogens (tertiary/aromatic N) is 4. The van der Waals surface area contributed by atoms with Gasteiger partial charge in [0.25, 0.3) is 10.0 Å². The number of rotatable bonds is 9. The molecule has 2 aromatic heterocycles. The van der Waals surface area contributed by atoms with Crippen molar-refractivity contribution >= 4 is 55.8 Å². The molecule has 0 spiro atoms. The number of aromatic nitrogens is 3. The van der Waals surface area contributed by atoms with Crippen molar-refractivity contribution in [2.75, 3.05) is 10.8 Å². The van der Waals surface area contributed by atoms with Crippen molar-refractivity contribution in [3.8, 4) is 11.7 Å². The molecule has 0 saturated carbocycles. The molecule has 0 unspecified atom stereocenters. The first-order valence-electron chi connectivity index (χ1n) is 11.5. The predicted octanol–water partition coefficient (Wildman–Crippen LogP) is 5.59. The van der Waals surface area contributed by atoms with E-state index in [9.17, 15) is 18.3 Å². The monoisotopic (exact) mass is 582 g/mol. The molecule has 3 aromatic carbocycles. The molecule has 0 atom stereocenters. The van der Waals surface area contributed by atoms with E-state index in [2.05, 4.69) is 10.2 Å². The fourth-order valence-electron chi connectivity index (χ4n) is 3.98. The van der Waals surface area contributed by atoms with Gasteiger partial charge in [-0.3, -0.25) is 13.7 Å². The van der Waals surface area contributed by atoms with Crippen molar-refractivity contribution in [2.45, 2.75) is 11.5 Å². The summed E-state index contributed by atoms with van der Waals surface area (Å²) < 4.78 is 35.1. The molecule has 0 amide bonds. The van der Waals surface area contributed by atoms with Crippen LogP contribution in [0.25, 0.3) is 16.7 Å². The molecule has 12 heteroatoms. The molecule has 0 saturated heterocycles. The molecule has 0 aliphatic heterocycles. The molecule has 39 heavy (non-hydrogen) atoms. The molecular formula is C27H20Cl2N4O5S. The second kappa shape index (κ2) is 10.9. The van der Waals surface area contributed by atoms with E-state index in [0.717, 1.165) is 9.87 Å². The second-order valence-electron chi connectivity index (χ2n) is 8.44. The van der Waals surface area contributed by atoms with Gasteiger partial charge in [-0.05, 0) is 54.1 Å². The fraction of sp³-hybridized carbons (Fsp3) is 0.0741. The van der Waals surface area contributed by atoms with Crippen LogP contribution in [0.4, 0.5) is 5.69 Å². The van der Waals surface area contributed by atoms with Gasteiger partial charge in [0.15, 0.2) is 5.82 Å². The second-order valence-corrected chi connectivity index (χ2v) is 11.2. The van der Waals surface area contributed by atoms with E-state index in [4.69, 9.17) is 27.9 Å². The number of fused-ring (bicyclic) bond motifs is 1. The highest BCUT2D eigenvalue weighted by atomic mass is 35.5. The standard InChI is InChI=1S/C27H20Cl2N4O5S/c28-20-13-21(29)15-23(14-20)39(36,37)33(16-27(34)35)22-6-7-24-19(12-22)10-11-32(24)25-8-9-26(31-30-25)38-17-18-4-2-1-3-5-18/h1-15H,16-17H2,(H,34,35). The van der Waals surface area contributed by atoms with Crippen LogP contribution in [0.2, 0.25) is 10.0 Å². The molecule has 0 aliphatic rings. The topological polar surface area (TPSA) is 115 Å². The van der Waals surface area contributed by atoms with Crippen molar-refractivity contribution in [3.63, 3.8) is 0 Å². The summed E-state index contributed by atoms with van der Waals surface area (Å²) in [6.07, 6.45) is 1.76. The third-order valence-corrected chi connectivity index (χ3v) is 7.96. The Morgan fingerprint density at radius 2 is 1.67 bits per heavy atom. The van der Waals surface area contributed by atoms with Gasteiger partial charge in [-0.2, -0.15) is 0 Å². The predicted molar refractivity (Wildman–Crippen MR) is 148 cm³/mol. The van der Waals surface area contributed by atoms with Gasteiger partial charge >= 0.3 is 5.97 Å². The quantitative estimate of drug-likeness (QED) is 0.241. The van der Waals surface area contributed by atoms with Gasteiger partial charge in [0.1, 0.15) is 13.2 Å². The summed E-state index contributed by atoms with van der Waals surface area (Å²) in [5, 5.41) is 18.8. The molecule has 0 fully saturated rings. The highest BCUT2D eigenvalue weighted by Gasteiger charge is 2.28. The number of ether oxygens (including phenoxy) is 1. The summed E-state index contributed by atoms with van der Waals surface area (Å²) in [5.74, 6) is -0.431. The Labute approximate surface area is 233 Å². The van der Waals surface area contributed by atoms with E-state index >= 15 is 0 Å². The molecule has 0 aliphatic carbocycles. The molecule has 9 nitrogen and oxygen atoms in total. The maximum atomic E-state index is 13.4. The van der Waals surface area contributed by atoms with Gasteiger partial charge < -0.3 is 9.84 Å². The first-order chi connectivity index (χ1) is 18.7. The van der Waals surface area contributed by atoms with Gasteiger partial charge in [0.05, 0.1) is 16.1 Å². The van der Waals surface area contributed by atoms with Gasteiger partial charge in [-0.25, -0.2) is 8.42 Å². The number of benzene rings is 3. The summed E-state index contributed by atoms with van der Waals surface area (Å²) in [7, 11) is -4.30. The molecule has 5 rings (SSSR count). The van der Waals surface area contributed by atoms with Crippen molar-refractivity contribution in [1.82, 2.24) is 14.8 Å². The molecule has 2 heterocycles. The van der Waals surface area contributed by atoms with E-state index in [-0.39, 0.29) is 20.6 Å². The average Bonchev–Trinajstić information content (AvgIpc) is 3.34. The van der Waals surface area contributed by atoms with Crippen molar-refractivity contribution < 1.29 is 23.1 Å². The van der Waals surface area contributed by atoms with Gasteiger partial charge in [-0.1, -0.05) is 53.5 Å². The lowest BCUT2D eigenvalue weighted by Crippen LogP contribution is -2.35. The third-order valence-electron chi connectivity index (χ3n) is 5.77. The highest BCUT2D eigenvalue weighted by molar-refractivity contribution is 7.92. The summed E-state index contributed by atoms with van der Waals surface area (Å²) in [5.41, 5.74) is 1.88.